The molecule has 1 aromatic rings. The highest BCUT2D eigenvalue weighted by Crippen LogP contribution is 2.71. The quantitative estimate of drug-likeness (QED) is 0.792. The summed E-state index contributed by atoms with van der Waals surface area (Å²) in [6.07, 6.45) is 4.81. The van der Waals surface area contributed by atoms with Crippen LogP contribution in [0.3, 0.4) is 0 Å². The summed E-state index contributed by atoms with van der Waals surface area (Å²) in [6.45, 7) is 10.2. The van der Waals surface area contributed by atoms with Crippen LogP contribution in [-0.2, 0) is 4.74 Å². The molecule has 25 heavy (non-hydrogen) atoms. The molecule has 3 nitrogen and oxygen atoms in total. The fourth-order valence-electron chi connectivity index (χ4n) is 6.06. The van der Waals surface area contributed by atoms with Gasteiger partial charge in [-0.2, -0.15) is 0 Å². The van der Waals surface area contributed by atoms with Crippen molar-refractivity contribution in [3.63, 3.8) is 0 Å². The Bertz CT molecular complexity index is 655. The summed E-state index contributed by atoms with van der Waals surface area (Å²) in [6, 6.07) is 9.65. The van der Waals surface area contributed by atoms with Gasteiger partial charge in [0.15, 0.2) is 0 Å². The zero-order valence-electron chi connectivity index (χ0n) is 16.0. The summed E-state index contributed by atoms with van der Waals surface area (Å²) in [5.74, 6) is 1.47. The minimum atomic E-state index is -0.0568. The normalized spacial score (nSPS) is 37.9. The predicted octanol–water partition coefficient (Wildman–Crippen LogP) is 4.73. The number of hydrogen-bond acceptors (Lipinski definition) is 2. The number of benzene rings is 1. The molecule has 1 aliphatic heterocycles. The van der Waals surface area contributed by atoms with Gasteiger partial charge in [-0.15, -0.1) is 0 Å². The van der Waals surface area contributed by atoms with E-state index in [9.17, 15) is 4.79 Å². The van der Waals surface area contributed by atoms with Gasteiger partial charge in [-0.25, -0.2) is 0 Å². The average molecular weight is 341 g/mol. The van der Waals surface area contributed by atoms with Crippen LogP contribution in [0.2, 0.25) is 0 Å². The van der Waals surface area contributed by atoms with Gasteiger partial charge in [-0.05, 0) is 60.5 Å². The molecule has 0 unspecified atom stereocenters. The Labute approximate surface area is 151 Å². The first kappa shape index (κ1) is 17.1. The Morgan fingerprint density at radius 1 is 1.24 bits per heavy atom. The first-order valence-corrected chi connectivity index (χ1v) is 9.91. The third-order valence-electron chi connectivity index (χ3n) is 7.78. The van der Waals surface area contributed by atoms with Gasteiger partial charge in [0.25, 0.3) is 5.91 Å². The lowest BCUT2D eigenvalue weighted by molar-refractivity contribution is -0.0971. The zero-order valence-corrected chi connectivity index (χ0v) is 16.0. The second kappa shape index (κ2) is 5.84. The van der Waals surface area contributed by atoms with Gasteiger partial charge in [0.05, 0.1) is 6.10 Å². The van der Waals surface area contributed by atoms with Crippen molar-refractivity contribution in [2.75, 3.05) is 6.54 Å². The van der Waals surface area contributed by atoms with Gasteiger partial charge < -0.3 is 9.64 Å². The van der Waals surface area contributed by atoms with E-state index in [0.717, 1.165) is 30.9 Å². The number of ether oxygens (including phenoxy) is 1. The first-order valence-electron chi connectivity index (χ1n) is 9.91. The topological polar surface area (TPSA) is 29.5 Å². The van der Waals surface area contributed by atoms with Crippen LogP contribution in [0.1, 0.15) is 63.7 Å². The molecule has 1 heterocycles. The lowest BCUT2D eigenvalue weighted by Gasteiger charge is -2.40. The molecule has 0 radical (unpaired) electrons. The summed E-state index contributed by atoms with van der Waals surface area (Å²) in [7, 11) is 0. The molecule has 2 bridgehead atoms. The molecule has 5 atom stereocenters. The Hall–Kier alpha value is -1.35. The second-order valence-electron chi connectivity index (χ2n) is 9.06. The van der Waals surface area contributed by atoms with Crippen LogP contribution in [-0.4, -0.2) is 29.7 Å². The van der Waals surface area contributed by atoms with Crippen molar-refractivity contribution in [3.8, 4) is 0 Å². The fraction of sp³-hybridized carbons (Fsp3) is 0.682. The summed E-state index contributed by atoms with van der Waals surface area (Å²) in [5, 5.41) is 0. The van der Waals surface area contributed by atoms with Crippen LogP contribution >= 0.6 is 0 Å². The molecule has 0 N–H and O–H groups in total. The van der Waals surface area contributed by atoms with Crippen LogP contribution in [0.25, 0.3) is 0 Å². The molecule has 1 amide bonds. The minimum Gasteiger partial charge on any atom is -0.354 e. The number of rotatable bonds is 4. The summed E-state index contributed by atoms with van der Waals surface area (Å²) < 4.78 is 6.62. The number of carbonyl (C=O) groups excluding carboxylic acids is 1. The summed E-state index contributed by atoms with van der Waals surface area (Å²) in [5.41, 5.74) is 1.38. The standard InChI is InChI=1S/C22H31NO2/c1-5-13-23(20(24)15-9-7-6-8-10-15)18-14-16-17-11-12-22(4,19(16)25-18)21(17,2)3/h6-10,16-19H,5,11-14H2,1-4H3/t16-,17-,18-,19-,22+/m1/s1. The number of fused-ring (bicyclic) bond motifs is 5. The van der Waals surface area contributed by atoms with Crippen molar-refractivity contribution >= 4 is 5.91 Å². The van der Waals surface area contributed by atoms with Crippen LogP contribution in [0.4, 0.5) is 0 Å². The molecule has 0 aromatic heterocycles. The van der Waals surface area contributed by atoms with Crippen LogP contribution < -0.4 is 0 Å². The molecule has 3 aliphatic rings. The molecule has 2 saturated carbocycles. The van der Waals surface area contributed by atoms with Crippen LogP contribution in [0.5, 0.6) is 0 Å². The molecule has 3 heteroatoms. The van der Waals surface area contributed by atoms with Gasteiger partial charge in [0, 0.05) is 12.1 Å². The van der Waals surface area contributed by atoms with E-state index in [-0.39, 0.29) is 17.6 Å². The van der Waals surface area contributed by atoms with Gasteiger partial charge >= 0.3 is 0 Å². The third kappa shape index (κ3) is 2.31. The minimum absolute atomic E-state index is 0.0568. The van der Waals surface area contributed by atoms with Gasteiger partial charge in [-0.3, -0.25) is 4.79 Å². The highest BCUT2D eigenvalue weighted by Gasteiger charge is 2.69. The largest absolute Gasteiger partial charge is 0.354 e. The Kier molecular flexibility index (Phi) is 3.99. The highest BCUT2D eigenvalue weighted by molar-refractivity contribution is 5.94. The Morgan fingerprint density at radius 2 is 1.96 bits per heavy atom. The maximum atomic E-state index is 13.1. The monoisotopic (exact) mass is 341 g/mol. The van der Waals surface area contributed by atoms with Crippen LogP contribution in [0, 0.1) is 22.7 Å². The van der Waals surface area contributed by atoms with Crippen molar-refractivity contribution in [3.05, 3.63) is 35.9 Å². The van der Waals surface area contributed by atoms with Crippen molar-refractivity contribution in [2.24, 2.45) is 22.7 Å². The van der Waals surface area contributed by atoms with E-state index in [2.05, 4.69) is 27.7 Å². The van der Waals surface area contributed by atoms with E-state index in [0.29, 0.717) is 17.4 Å². The Balaban J connectivity index is 1.57. The van der Waals surface area contributed by atoms with E-state index in [1.54, 1.807) is 0 Å². The lowest BCUT2D eigenvalue weighted by atomic mass is 9.70. The van der Waals surface area contributed by atoms with Gasteiger partial charge in [0.1, 0.15) is 6.23 Å². The van der Waals surface area contributed by atoms with Crippen molar-refractivity contribution in [2.45, 2.75) is 65.7 Å². The van der Waals surface area contributed by atoms with Crippen molar-refractivity contribution < 1.29 is 9.53 Å². The molecule has 3 fully saturated rings. The molecule has 1 aromatic carbocycles. The maximum Gasteiger partial charge on any atom is 0.255 e. The van der Waals surface area contributed by atoms with Gasteiger partial charge in [-0.1, -0.05) is 45.9 Å². The molecule has 2 aliphatic carbocycles. The first-order chi connectivity index (χ1) is 11.9. The molecule has 136 valence electrons. The number of carbonyl (C=O) groups is 1. The molecule has 1 saturated heterocycles. The van der Waals surface area contributed by atoms with E-state index in [1.807, 2.05) is 35.2 Å². The smallest absolute Gasteiger partial charge is 0.255 e. The van der Waals surface area contributed by atoms with E-state index in [4.69, 9.17) is 4.74 Å². The maximum absolute atomic E-state index is 13.1. The van der Waals surface area contributed by atoms with E-state index in [1.165, 1.54) is 12.8 Å². The third-order valence-corrected chi connectivity index (χ3v) is 7.78. The lowest BCUT2D eigenvalue weighted by Crippen LogP contribution is -2.44. The fourth-order valence-corrected chi connectivity index (χ4v) is 6.06. The summed E-state index contributed by atoms with van der Waals surface area (Å²) >= 11 is 0. The van der Waals surface area contributed by atoms with Crippen molar-refractivity contribution in [1.82, 2.24) is 4.90 Å². The molecular weight excluding hydrogens is 310 g/mol. The summed E-state index contributed by atoms with van der Waals surface area (Å²) in [4.78, 5) is 15.1. The van der Waals surface area contributed by atoms with E-state index >= 15 is 0 Å². The molecule has 0 spiro atoms. The zero-order chi connectivity index (χ0) is 17.8. The number of hydrogen-bond donors (Lipinski definition) is 0. The average Bonchev–Trinajstić information content (AvgIpc) is 3.18. The second-order valence-corrected chi connectivity index (χ2v) is 9.06. The van der Waals surface area contributed by atoms with Crippen LogP contribution in [0.15, 0.2) is 30.3 Å². The highest BCUT2D eigenvalue weighted by atomic mass is 16.5. The van der Waals surface area contributed by atoms with Crippen molar-refractivity contribution in [1.29, 1.82) is 0 Å². The number of amides is 1. The number of nitrogens with zero attached hydrogens (tertiary/aromatic N) is 1. The van der Waals surface area contributed by atoms with Gasteiger partial charge in [0.2, 0.25) is 0 Å². The molecular formula is C22H31NO2. The Morgan fingerprint density at radius 3 is 2.60 bits per heavy atom. The SMILES string of the molecule is CCCN(C(=O)c1ccccc1)[C@H]1C[C@@H]2[C@H]3CC[C@@](C)([C@@H]2O1)C3(C)C. The predicted molar refractivity (Wildman–Crippen MR) is 99.1 cm³/mol. The van der Waals surface area contributed by atoms with E-state index < -0.39 is 0 Å². The molecule has 4 rings (SSSR count).